The van der Waals surface area contributed by atoms with Gasteiger partial charge >= 0.3 is 0 Å². The van der Waals surface area contributed by atoms with Gasteiger partial charge in [-0.15, -0.1) is 0 Å². The van der Waals surface area contributed by atoms with Crippen molar-refractivity contribution in [2.45, 2.75) is 33.2 Å². The topological polar surface area (TPSA) is 23.6 Å². The van der Waals surface area contributed by atoms with Crippen molar-refractivity contribution in [3.05, 3.63) is 71.3 Å². The van der Waals surface area contributed by atoms with Gasteiger partial charge in [0, 0.05) is 45.6 Å². The fourth-order valence-electron chi connectivity index (χ4n) is 4.30. The Bertz CT molecular complexity index is 825. The third-order valence-corrected chi connectivity index (χ3v) is 5.62. The van der Waals surface area contributed by atoms with Crippen molar-refractivity contribution in [3.8, 4) is 0 Å². The predicted octanol–water partition coefficient (Wildman–Crippen LogP) is 4.68. The molecule has 29 heavy (non-hydrogen) atoms. The average molecular weight is 401 g/mol. The third-order valence-electron chi connectivity index (χ3n) is 5.62. The number of carbonyl (C=O) groups excluding carboxylic acids is 1. The molecular weight excluding hydrogens is 370 g/mol. The van der Waals surface area contributed by atoms with Gasteiger partial charge < -0.3 is 4.90 Å². The van der Waals surface area contributed by atoms with E-state index in [1.54, 1.807) is 13.0 Å². The average Bonchev–Trinajstić information content (AvgIpc) is 3.07. The lowest BCUT2D eigenvalue weighted by Crippen LogP contribution is -2.38. The standard InChI is InChI=1S/C24H30F2N2O/c1-17(2)12-28(18(3)29)15-21-14-27(13-19-9-10-23(25)24(26)11-19)16-22(21)20-7-5-4-6-8-20/h4-11,17,21-22H,12-16H2,1-3H3. The van der Waals surface area contributed by atoms with Crippen molar-refractivity contribution >= 4 is 5.91 Å². The lowest BCUT2D eigenvalue weighted by Gasteiger charge is -2.29. The Labute approximate surface area is 172 Å². The number of nitrogens with zero attached hydrogens (tertiary/aromatic N) is 2. The fourth-order valence-corrected chi connectivity index (χ4v) is 4.30. The number of carbonyl (C=O) groups is 1. The van der Waals surface area contributed by atoms with Crippen molar-refractivity contribution < 1.29 is 13.6 Å². The summed E-state index contributed by atoms with van der Waals surface area (Å²) in [6.07, 6.45) is 0. The van der Waals surface area contributed by atoms with E-state index >= 15 is 0 Å². The van der Waals surface area contributed by atoms with Gasteiger partial charge in [0.2, 0.25) is 5.91 Å². The maximum atomic E-state index is 13.6. The van der Waals surface area contributed by atoms with Crippen LogP contribution in [0, 0.1) is 23.5 Å². The maximum absolute atomic E-state index is 13.6. The lowest BCUT2D eigenvalue weighted by atomic mass is 9.88. The fraction of sp³-hybridized carbons (Fsp3) is 0.458. The molecule has 1 fully saturated rings. The van der Waals surface area contributed by atoms with E-state index in [1.165, 1.54) is 17.7 Å². The first kappa shape index (κ1) is 21.4. The number of hydrogen-bond donors (Lipinski definition) is 0. The number of benzene rings is 2. The first-order chi connectivity index (χ1) is 13.8. The van der Waals surface area contributed by atoms with Crippen LogP contribution in [0.3, 0.4) is 0 Å². The highest BCUT2D eigenvalue weighted by molar-refractivity contribution is 5.73. The Balaban J connectivity index is 1.78. The second-order valence-corrected chi connectivity index (χ2v) is 8.54. The summed E-state index contributed by atoms with van der Waals surface area (Å²) in [5.74, 6) is -0.516. The summed E-state index contributed by atoms with van der Waals surface area (Å²) < 4.78 is 26.9. The van der Waals surface area contributed by atoms with Crippen LogP contribution in [0.25, 0.3) is 0 Å². The van der Waals surface area contributed by atoms with Crippen LogP contribution < -0.4 is 0 Å². The number of amides is 1. The number of rotatable bonds is 7. The van der Waals surface area contributed by atoms with Gasteiger partial charge in [0.05, 0.1) is 0 Å². The molecule has 3 rings (SSSR count). The smallest absolute Gasteiger partial charge is 0.219 e. The van der Waals surface area contributed by atoms with E-state index in [-0.39, 0.29) is 5.91 Å². The van der Waals surface area contributed by atoms with E-state index in [4.69, 9.17) is 0 Å². The normalized spacial score (nSPS) is 19.7. The van der Waals surface area contributed by atoms with E-state index < -0.39 is 11.6 Å². The molecule has 5 heteroatoms. The Morgan fingerprint density at radius 2 is 1.83 bits per heavy atom. The summed E-state index contributed by atoms with van der Waals surface area (Å²) in [7, 11) is 0. The van der Waals surface area contributed by atoms with Gasteiger partial charge in [-0.1, -0.05) is 50.2 Å². The number of hydrogen-bond acceptors (Lipinski definition) is 2. The van der Waals surface area contributed by atoms with Gasteiger partial charge in [0.25, 0.3) is 0 Å². The molecule has 0 spiro atoms. The highest BCUT2D eigenvalue weighted by atomic mass is 19.2. The molecule has 1 heterocycles. The molecule has 1 amide bonds. The summed E-state index contributed by atoms with van der Waals surface area (Å²) in [4.78, 5) is 16.4. The van der Waals surface area contributed by atoms with Gasteiger partial charge in [-0.25, -0.2) is 8.78 Å². The second kappa shape index (κ2) is 9.49. The largest absolute Gasteiger partial charge is 0.342 e. The van der Waals surface area contributed by atoms with Crippen molar-refractivity contribution in [3.63, 3.8) is 0 Å². The molecule has 1 saturated heterocycles. The van der Waals surface area contributed by atoms with Crippen LogP contribution in [0.4, 0.5) is 8.78 Å². The Kier molecular flexibility index (Phi) is 7.01. The highest BCUT2D eigenvalue weighted by Gasteiger charge is 2.35. The van der Waals surface area contributed by atoms with Gasteiger partial charge in [-0.3, -0.25) is 9.69 Å². The summed E-state index contributed by atoms with van der Waals surface area (Å²) in [6.45, 7) is 9.55. The van der Waals surface area contributed by atoms with E-state index in [0.717, 1.165) is 25.2 Å². The van der Waals surface area contributed by atoms with Gasteiger partial charge in [0.15, 0.2) is 11.6 Å². The minimum absolute atomic E-state index is 0.101. The monoisotopic (exact) mass is 400 g/mol. The number of halogens is 2. The third kappa shape index (κ3) is 5.63. The molecule has 156 valence electrons. The molecule has 0 radical (unpaired) electrons. The van der Waals surface area contributed by atoms with Crippen LogP contribution >= 0.6 is 0 Å². The van der Waals surface area contributed by atoms with Crippen molar-refractivity contribution in [1.29, 1.82) is 0 Å². The van der Waals surface area contributed by atoms with E-state index in [0.29, 0.717) is 30.8 Å². The van der Waals surface area contributed by atoms with E-state index in [9.17, 15) is 13.6 Å². The quantitative estimate of drug-likeness (QED) is 0.673. The Morgan fingerprint density at radius 3 is 2.45 bits per heavy atom. The zero-order chi connectivity index (χ0) is 21.0. The van der Waals surface area contributed by atoms with E-state index in [2.05, 4.69) is 30.9 Å². The summed E-state index contributed by atoms with van der Waals surface area (Å²) in [6, 6.07) is 14.5. The van der Waals surface area contributed by atoms with Crippen molar-refractivity contribution in [1.82, 2.24) is 9.80 Å². The van der Waals surface area contributed by atoms with Crippen molar-refractivity contribution in [2.24, 2.45) is 11.8 Å². The zero-order valence-corrected chi connectivity index (χ0v) is 17.4. The molecular formula is C24H30F2N2O. The van der Waals surface area contributed by atoms with Crippen molar-refractivity contribution in [2.75, 3.05) is 26.2 Å². The molecule has 0 aliphatic carbocycles. The van der Waals surface area contributed by atoms with Crippen LogP contribution in [-0.2, 0) is 11.3 Å². The lowest BCUT2D eigenvalue weighted by molar-refractivity contribution is -0.130. The molecule has 1 aliphatic heterocycles. The second-order valence-electron chi connectivity index (χ2n) is 8.54. The molecule has 0 bridgehead atoms. The first-order valence-electron chi connectivity index (χ1n) is 10.3. The van der Waals surface area contributed by atoms with E-state index in [1.807, 2.05) is 23.1 Å². The Morgan fingerprint density at radius 1 is 1.10 bits per heavy atom. The van der Waals surface area contributed by atoms with Crippen LogP contribution in [0.5, 0.6) is 0 Å². The molecule has 3 nitrogen and oxygen atoms in total. The Hall–Kier alpha value is -2.27. The minimum Gasteiger partial charge on any atom is -0.342 e. The van der Waals surface area contributed by atoms with Crippen LogP contribution in [-0.4, -0.2) is 41.9 Å². The molecule has 2 aromatic rings. The molecule has 2 unspecified atom stereocenters. The molecule has 0 saturated carbocycles. The summed E-state index contributed by atoms with van der Waals surface area (Å²) in [5.41, 5.74) is 2.03. The zero-order valence-electron chi connectivity index (χ0n) is 17.4. The van der Waals surface area contributed by atoms with Crippen LogP contribution in [0.2, 0.25) is 0 Å². The maximum Gasteiger partial charge on any atom is 0.219 e. The predicted molar refractivity (Wildman–Crippen MR) is 111 cm³/mol. The molecule has 2 atom stereocenters. The first-order valence-corrected chi connectivity index (χ1v) is 10.3. The van der Waals surface area contributed by atoms with Gasteiger partial charge in [-0.2, -0.15) is 0 Å². The highest BCUT2D eigenvalue weighted by Crippen LogP contribution is 2.34. The van der Waals surface area contributed by atoms with Crippen LogP contribution in [0.15, 0.2) is 48.5 Å². The molecule has 2 aromatic carbocycles. The molecule has 0 aromatic heterocycles. The minimum atomic E-state index is -0.819. The summed E-state index contributed by atoms with van der Waals surface area (Å²) in [5, 5.41) is 0. The van der Waals surface area contributed by atoms with Crippen LogP contribution in [0.1, 0.15) is 37.8 Å². The van der Waals surface area contributed by atoms with Gasteiger partial charge in [0.1, 0.15) is 0 Å². The number of likely N-dealkylation sites (tertiary alicyclic amines) is 1. The van der Waals surface area contributed by atoms with Gasteiger partial charge in [-0.05, 0) is 35.1 Å². The summed E-state index contributed by atoms with van der Waals surface area (Å²) >= 11 is 0. The SMILES string of the molecule is CC(=O)N(CC(C)C)CC1CN(Cc2ccc(F)c(F)c2)CC1c1ccccc1. The molecule has 1 aliphatic rings. The molecule has 0 N–H and O–H groups in total.